The van der Waals surface area contributed by atoms with Crippen LogP contribution in [0.25, 0.3) is 11.2 Å². The van der Waals surface area contributed by atoms with Crippen LogP contribution in [0.5, 0.6) is 0 Å². The predicted molar refractivity (Wildman–Crippen MR) is 104 cm³/mol. The largest absolute Gasteiger partial charge is 0.372 e. The lowest BCUT2D eigenvalue weighted by atomic mass is 10.0. The molecular formula is C19H17ClFN5O3. The van der Waals surface area contributed by atoms with E-state index in [9.17, 15) is 19.1 Å². The second-order valence-corrected chi connectivity index (χ2v) is 7.35. The van der Waals surface area contributed by atoms with Crippen molar-refractivity contribution in [2.75, 3.05) is 11.4 Å². The van der Waals surface area contributed by atoms with Crippen molar-refractivity contribution in [3.63, 3.8) is 0 Å². The maximum absolute atomic E-state index is 13.4. The molecule has 3 heterocycles. The van der Waals surface area contributed by atoms with Crippen LogP contribution in [-0.4, -0.2) is 44.0 Å². The number of amides is 2. The molecule has 0 radical (unpaired) electrons. The molecule has 3 N–H and O–H groups in total. The number of benzene rings is 1. The first-order chi connectivity index (χ1) is 13.8. The molecular weight excluding hydrogens is 401 g/mol. The van der Waals surface area contributed by atoms with Crippen molar-refractivity contribution in [1.82, 2.24) is 20.3 Å². The number of hydrogen-bond donors (Lipinski definition) is 3. The smallest absolute Gasteiger partial charge is 0.268 e. The number of aryl methyl sites for hydroxylation is 1. The molecule has 1 fully saturated rings. The molecule has 4 rings (SSSR count). The van der Waals surface area contributed by atoms with E-state index in [0.717, 1.165) is 6.07 Å². The first-order valence-corrected chi connectivity index (χ1v) is 9.24. The minimum atomic E-state index is -2.21. The van der Waals surface area contributed by atoms with E-state index in [-0.39, 0.29) is 24.5 Å². The van der Waals surface area contributed by atoms with Gasteiger partial charge < -0.3 is 20.3 Å². The standard InChI is InChI=1S/C19H17ClFN5O3/c1-10-24-15-7-14(9-22-16(15)25-10)26-3-2-19(29,18(26)28)17(27)23-8-11-4-12(20)6-13(21)5-11/h4-7,9,29H,2-3,8H2,1H3,(H,23,27)(H,22,24,25). The van der Waals surface area contributed by atoms with Crippen LogP contribution < -0.4 is 10.2 Å². The van der Waals surface area contributed by atoms with E-state index in [1.54, 1.807) is 13.0 Å². The van der Waals surface area contributed by atoms with Gasteiger partial charge in [-0.25, -0.2) is 14.4 Å². The van der Waals surface area contributed by atoms with Gasteiger partial charge in [-0.2, -0.15) is 0 Å². The van der Waals surface area contributed by atoms with E-state index < -0.39 is 23.2 Å². The fraction of sp³-hybridized carbons (Fsp3) is 0.263. The van der Waals surface area contributed by atoms with Crippen molar-refractivity contribution in [2.24, 2.45) is 0 Å². The molecule has 0 aliphatic carbocycles. The Kier molecular flexibility index (Phi) is 4.71. The van der Waals surface area contributed by atoms with E-state index in [1.165, 1.54) is 23.2 Å². The van der Waals surface area contributed by atoms with Crippen LogP contribution >= 0.6 is 11.6 Å². The summed E-state index contributed by atoms with van der Waals surface area (Å²) < 4.78 is 13.4. The third-order valence-electron chi connectivity index (χ3n) is 4.80. The number of nitrogens with one attached hydrogen (secondary N) is 2. The number of aromatic amines is 1. The molecule has 1 aromatic carbocycles. The van der Waals surface area contributed by atoms with Crippen molar-refractivity contribution in [3.8, 4) is 0 Å². The molecule has 150 valence electrons. The molecule has 2 aromatic heterocycles. The number of imidazole rings is 1. The monoisotopic (exact) mass is 417 g/mol. The van der Waals surface area contributed by atoms with Gasteiger partial charge in [0.1, 0.15) is 11.6 Å². The van der Waals surface area contributed by atoms with Crippen molar-refractivity contribution >= 4 is 40.3 Å². The number of fused-ring (bicyclic) bond motifs is 1. The van der Waals surface area contributed by atoms with Gasteiger partial charge in [0.2, 0.25) is 5.60 Å². The highest BCUT2D eigenvalue weighted by Gasteiger charge is 2.51. The molecule has 1 aliphatic heterocycles. The Morgan fingerprint density at radius 3 is 2.97 bits per heavy atom. The van der Waals surface area contributed by atoms with Gasteiger partial charge in [0.25, 0.3) is 11.8 Å². The molecule has 3 aromatic rings. The summed E-state index contributed by atoms with van der Waals surface area (Å²) in [5.41, 5.74) is -0.184. The number of nitrogens with zero attached hydrogens (tertiary/aromatic N) is 3. The zero-order valence-corrected chi connectivity index (χ0v) is 16.1. The summed E-state index contributed by atoms with van der Waals surface area (Å²) in [6.45, 7) is 1.86. The summed E-state index contributed by atoms with van der Waals surface area (Å²) in [5.74, 6) is -1.45. The van der Waals surface area contributed by atoms with Gasteiger partial charge in [-0.1, -0.05) is 11.6 Å². The zero-order chi connectivity index (χ0) is 20.8. The van der Waals surface area contributed by atoms with Gasteiger partial charge in [-0.15, -0.1) is 0 Å². The average molecular weight is 418 g/mol. The lowest BCUT2D eigenvalue weighted by Crippen LogP contribution is -2.52. The quantitative estimate of drug-likeness (QED) is 0.561. The molecule has 29 heavy (non-hydrogen) atoms. The lowest BCUT2D eigenvalue weighted by molar-refractivity contribution is -0.149. The number of hydrogen-bond acceptors (Lipinski definition) is 5. The highest BCUT2D eigenvalue weighted by molar-refractivity contribution is 6.30. The number of carbonyl (C=O) groups is 2. The highest BCUT2D eigenvalue weighted by Crippen LogP contribution is 2.29. The van der Waals surface area contributed by atoms with Gasteiger partial charge >= 0.3 is 0 Å². The molecule has 0 saturated carbocycles. The van der Waals surface area contributed by atoms with Gasteiger partial charge in [0.15, 0.2) is 5.65 Å². The first-order valence-electron chi connectivity index (χ1n) is 8.86. The summed E-state index contributed by atoms with van der Waals surface area (Å²) in [6.07, 6.45) is 1.39. The van der Waals surface area contributed by atoms with E-state index in [1.807, 2.05) is 0 Å². The topological polar surface area (TPSA) is 111 Å². The van der Waals surface area contributed by atoms with Crippen LogP contribution in [0.1, 0.15) is 17.8 Å². The Morgan fingerprint density at radius 1 is 1.41 bits per heavy atom. The minimum Gasteiger partial charge on any atom is -0.372 e. The van der Waals surface area contributed by atoms with Crippen LogP contribution in [0, 0.1) is 12.7 Å². The molecule has 2 amide bonds. The summed E-state index contributed by atoms with van der Waals surface area (Å²) >= 11 is 5.80. The number of aromatic nitrogens is 3. The number of anilines is 1. The second kappa shape index (κ2) is 7.09. The molecule has 0 bridgehead atoms. The maximum Gasteiger partial charge on any atom is 0.268 e. The summed E-state index contributed by atoms with van der Waals surface area (Å²) in [5, 5.41) is 13.4. The summed E-state index contributed by atoms with van der Waals surface area (Å²) in [7, 11) is 0. The summed E-state index contributed by atoms with van der Waals surface area (Å²) in [4.78, 5) is 38.1. The highest BCUT2D eigenvalue weighted by atomic mass is 35.5. The Bertz CT molecular complexity index is 1110. The third-order valence-corrected chi connectivity index (χ3v) is 5.02. The van der Waals surface area contributed by atoms with E-state index >= 15 is 0 Å². The Hall–Kier alpha value is -3.04. The third kappa shape index (κ3) is 3.54. The molecule has 10 heteroatoms. The van der Waals surface area contributed by atoms with Crippen LogP contribution in [0.2, 0.25) is 5.02 Å². The number of H-pyrrole nitrogens is 1. The summed E-state index contributed by atoms with van der Waals surface area (Å²) in [6, 6.07) is 5.54. The number of aliphatic hydroxyl groups is 1. The van der Waals surface area contributed by atoms with Gasteiger partial charge in [0.05, 0.1) is 17.4 Å². The molecule has 1 saturated heterocycles. The Morgan fingerprint density at radius 2 is 2.21 bits per heavy atom. The maximum atomic E-state index is 13.4. The van der Waals surface area contributed by atoms with Crippen LogP contribution in [0.15, 0.2) is 30.5 Å². The van der Waals surface area contributed by atoms with Crippen molar-refractivity contribution in [1.29, 1.82) is 0 Å². The van der Waals surface area contributed by atoms with Crippen molar-refractivity contribution in [2.45, 2.75) is 25.5 Å². The zero-order valence-electron chi connectivity index (χ0n) is 15.4. The number of pyridine rings is 1. The minimum absolute atomic E-state index is 0.0765. The molecule has 1 unspecified atom stereocenters. The fourth-order valence-corrected chi connectivity index (χ4v) is 3.61. The van der Waals surface area contributed by atoms with Crippen molar-refractivity contribution < 1.29 is 19.1 Å². The lowest BCUT2D eigenvalue weighted by Gasteiger charge is -2.21. The fourth-order valence-electron chi connectivity index (χ4n) is 3.36. The van der Waals surface area contributed by atoms with Crippen LogP contribution in [0.3, 0.4) is 0 Å². The van der Waals surface area contributed by atoms with Gasteiger partial charge in [-0.3, -0.25) is 9.59 Å². The number of halogens is 2. The SMILES string of the molecule is Cc1nc2ncc(N3CCC(O)(C(=O)NCc4cc(F)cc(Cl)c4)C3=O)cc2[nH]1. The Balaban J connectivity index is 1.50. The van der Waals surface area contributed by atoms with Crippen LogP contribution in [-0.2, 0) is 16.1 Å². The van der Waals surface area contributed by atoms with E-state index in [0.29, 0.717) is 28.2 Å². The van der Waals surface area contributed by atoms with E-state index in [2.05, 4.69) is 20.3 Å². The number of carbonyl (C=O) groups excluding carboxylic acids is 2. The first kappa shape index (κ1) is 19.3. The van der Waals surface area contributed by atoms with Crippen LogP contribution in [0.4, 0.5) is 10.1 Å². The number of rotatable bonds is 4. The normalized spacial score (nSPS) is 19.2. The predicted octanol–water partition coefficient (Wildman–Crippen LogP) is 1.84. The Labute approximate surface area is 169 Å². The second-order valence-electron chi connectivity index (χ2n) is 6.91. The molecule has 1 atom stereocenters. The van der Waals surface area contributed by atoms with Gasteiger partial charge in [0, 0.05) is 24.5 Å². The molecule has 0 spiro atoms. The van der Waals surface area contributed by atoms with Crippen molar-refractivity contribution in [3.05, 3.63) is 52.7 Å². The average Bonchev–Trinajstić information content (AvgIpc) is 3.18. The van der Waals surface area contributed by atoms with E-state index in [4.69, 9.17) is 11.6 Å². The molecule has 8 nitrogen and oxygen atoms in total. The molecule has 1 aliphatic rings. The van der Waals surface area contributed by atoms with Gasteiger partial charge in [-0.05, 0) is 36.8 Å².